The zero-order valence-corrected chi connectivity index (χ0v) is 15.1. The van der Waals surface area contributed by atoms with Crippen molar-refractivity contribution < 1.29 is 4.79 Å². The first kappa shape index (κ1) is 17.0. The number of rotatable bonds is 5. The van der Waals surface area contributed by atoms with E-state index in [-0.39, 0.29) is 11.2 Å². The Morgan fingerprint density at radius 1 is 1.23 bits per heavy atom. The minimum atomic E-state index is -0.216. The second-order valence-electron chi connectivity index (χ2n) is 5.53. The lowest BCUT2D eigenvalue weighted by molar-refractivity contribution is -0.115. The van der Waals surface area contributed by atoms with Gasteiger partial charge in [-0.05, 0) is 37.8 Å². The second kappa shape index (κ2) is 7.24. The van der Waals surface area contributed by atoms with Crippen LogP contribution in [0.4, 0.5) is 5.69 Å². The van der Waals surface area contributed by atoms with Gasteiger partial charge in [-0.2, -0.15) is 0 Å². The average Bonchev–Trinajstić information content (AvgIpc) is 2.85. The molecule has 0 spiro atoms. The normalized spacial score (nSPS) is 12.5. The minimum absolute atomic E-state index is 0.00551. The molecule has 1 N–H and O–H groups in total. The number of hydrogen-bond donors (Lipinski definition) is 1. The number of aromatic nitrogens is 2. The van der Waals surface area contributed by atoms with Crippen molar-refractivity contribution in [3.8, 4) is 0 Å². The Morgan fingerprint density at radius 3 is 2.55 bits per heavy atom. The molecule has 0 saturated carbocycles. The van der Waals surface area contributed by atoms with Crippen LogP contribution in [0.2, 0.25) is 0 Å². The third-order valence-electron chi connectivity index (χ3n) is 3.33. The molecule has 0 radical (unpaired) electrons. The van der Waals surface area contributed by atoms with Crippen LogP contribution in [-0.2, 0) is 4.79 Å². The molecule has 22 heavy (non-hydrogen) atoms. The highest BCUT2D eigenvalue weighted by Gasteiger charge is 2.19. The quantitative estimate of drug-likeness (QED) is 0.823. The van der Waals surface area contributed by atoms with E-state index in [4.69, 9.17) is 0 Å². The number of carbonyl (C=O) groups excluding carboxylic acids is 1. The van der Waals surface area contributed by atoms with Crippen molar-refractivity contribution in [3.63, 3.8) is 0 Å². The molecule has 0 fully saturated rings. The smallest absolute Gasteiger partial charge is 0.237 e. The van der Waals surface area contributed by atoms with Crippen molar-refractivity contribution in [2.45, 2.75) is 50.1 Å². The fourth-order valence-electron chi connectivity index (χ4n) is 2.10. The lowest BCUT2D eigenvalue weighted by Gasteiger charge is -2.18. The van der Waals surface area contributed by atoms with Crippen LogP contribution >= 0.6 is 23.1 Å². The number of hydrogen-bond acceptors (Lipinski definition) is 5. The van der Waals surface area contributed by atoms with E-state index in [0.717, 1.165) is 26.2 Å². The first-order valence-corrected chi connectivity index (χ1v) is 8.95. The van der Waals surface area contributed by atoms with Gasteiger partial charge in [0.1, 0.15) is 5.01 Å². The highest BCUT2D eigenvalue weighted by Crippen LogP contribution is 2.30. The fourth-order valence-corrected chi connectivity index (χ4v) is 4.06. The summed E-state index contributed by atoms with van der Waals surface area (Å²) in [6.07, 6.45) is 0. The lowest BCUT2D eigenvalue weighted by Crippen LogP contribution is -2.23. The molecule has 0 unspecified atom stereocenters. The first-order valence-electron chi connectivity index (χ1n) is 7.25. The second-order valence-corrected chi connectivity index (χ2v) is 8.30. The summed E-state index contributed by atoms with van der Waals surface area (Å²) >= 11 is 2.96. The molecule has 2 rings (SSSR count). The maximum absolute atomic E-state index is 12.5. The predicted molar refractivity (Wildman–Crippen MR) is 93.9 cm³/mol. The Bertz CT molecular complexity index is 667. The van der Waals surface area contributed by atoms with Crippen LogP contribution in [0.3, 0.4) is 0 Å². The number of carbonyl (C=O) groups is 1. The van der Waals surface area contributed by atoms with E-state index in [1.807, 2.05) is 32.9 Å². The van der Waals surface area contributed by atoms with Crippen molar-refractivity contribution in [2.75, 3.05) is 5.32 Å². The summed E-state index contributed by atoms with van der Waals surface area (Å²) in [4.78, 5) is 12.5. The Labute approximate surface area is 139 Å². The first-order chi connectivity index (χ1) is 10.4. The largest absolute Gasteiger partial charge is 0.325 e. The van der Waals surface area contributed by atoms with Gasteiger partial charge in [0.05, 0.1) is 5.25 Å². The molecule has 1 atom stereocenters. The summed E-state index contributed by atoms with van der Waals surface area (Å²) in [5.74, 6) is 0.359. The van der Waals surface area contributed by atoms with Crippen molar-refractivity contribution in [2.24, 2.45) is 0 Å². The van der Waals surface area contributed by atoms with Crippen LogP contribution in [0.5, 0.6) is 0 Å². The van der Waals surface area contributed by atoms with Gasteiger partial charge in [0.2, 0.25) is 5.91 Å². The molecule has 0 aliphatic rings. The molecule has 1 aromatic heterocycles. The highest BCUT2D eigenvalue weighted by molar-refractivity contribution is 8.02. The molecular weight excluding hydrogens is 314 g/mol. The monoisotopic (exact) mass is 335 g/mol. The molecule has 4 nitrogen and oxygen atoms in total. The molecule has 6 heteroatoms. The van der Waals surface area contributed by atoms with Gasteiger partial charge in [-0.15, -0.1) is 10.2 Å². The summed E-state index contributed by atoms with van der Waals surface area (Å²) < 4.78 is 0.828. The number of anilines is 1. The van der Waals surface area contributed by atoms with Gasteiger partial charge in [0.15, 0.2) is 4.34 Å². The molecule has 0 aliphatic carbocycles. The van der Waals surface area contributed by atoms with Crippen molar-refractivity contribution in [3.05, 3.63) is 34.3 Å². The Morgan fingerprint density at radius 2 is 1.95 bits per heavy atom. The van der Waals surface area contributed by atoms with Crippen LogP contribution in [0.25, 0.3) is 0 Å². The maximum Gasteiger partial charge on any atom is 0.237 e. The number of benzene rings is 1. The topological polar surface area (TPSA) is 54.9 Å². The van der Waals surface area contributed by atoms with Gasteiger partial charge >= 0.3 is 0 Å². The van der Waals surface area contributed by atoms with Gasteiger partial charge in [-0.1, -0.05) is 55.1 Å². The van der Waals surface area contributed by atoms with E-state index >= 15 is 0 Å². The standard InChI is InChI=1S/C16H21N3OS2/c1-9(2)13-8-6-7-10(3)14(13)17-15(20)11(4)21-16-19-18-12(5)22-16/h6-9,11H,1-5H3,(H,17,20)/t11-/m1/s1. The fraction of sp³-hybridized carbons (Fsp3) is 0.438. The number of para-hydroxylation sites is 1. The van der Waals surface area contributed by atoms with E-state index in [0.29, 0.717) is 5.92 Å². The van der Waals surface area contributed by atoms with Crippen LogP contribution < -0.4 is 5.32 Å². The summed E-state index contributed by atoms with van der Waals surface area (Å²) in [6.45, 7) is 10.1. The number of thioether (sulfide) groups is 1. The van der Waals surface area contributed by atoms with Crippen molar-refractivity contribution in [1.29, 1.82) is 0 Å². The van der Waals surface area contributed by atoms with E-state index < -0.39 is 0 Å². The Kier molecular flexibility index (Phi) is 5.58. The third kappa shape index (κ3) is 4.08. The van der Waals surface area contributed by atoms with Gasteiger partial charge < -0.3 is 5.32 Å². The minimum Gasteiger partial charge on any atom is -0.325 e. The van der Waals surface area contributed by atoms with Crippen LogP contribution in [-0.4, -0.2) is 21.4 Å². The maximum atomic E-state index is 12.5. The molecule has 1 amide bonds. The van der Waals surface area contributed by atoms with Gasteiger partial charge in [-0.3, -0.25) is 4.79 Å². The van der Waals surface area contributed by atoms with E-state index in [9.17, 15) is 4.79 Å². The number of amides is 1. The molecule has 1 aromatic carbocycles. The summed E-state index contributed by atoms with van der Waals surface area (Å²) in [7, 11) is 0. The average molecular weight is 335 g/mol. The SMILES string of the molecule is Cc1nnc(S[C@H](C)C(=O)Nc2c(C)cccc2C(C)C)s1. The van der Waals surface area contributed by atoms with Crippen molar-refractivity contribution in [1.82, 2.24) is 10.2 Å². The Hall–Kier alpha value is -1.40. The Balaban J connectivity index is 2.11. The van der Waals surface area contributed by atoms with Crippen LogP contribution in [0, 0.1) is 13.8 Å². The van der Waals surface area contributed by atoms with Crippen LogP contribution in [0.1, 0.15) is 42.8 Å². The molecule has 0 saturated heterocycles. The van der Waals surface area contributed by atoms with Gasteiger partial charge in [0, 0.05) is 5.69 Å². The lowest BCUT2D eigenvalue weighted by atomic mass is 9.98. The zero-order chi connectivity index (χ0) is 16.3. The van der Waals surface area contributed by atoms with Gasteiger partial charge in [-0.25, -0.2) is 0 Å². The molecular formula is C16H21N3OS2. The highest BCUT2D eigenvalue weighted by atomic mass is 32.2. The molecule has 1 heterocycles. The predicted octanol–water partition coefficient (Wildman–Crippen LogP) is 4.40. The van der Waals surface area contributed by atoms with E-state index in [1.54, 1.807) is 0 Å². The summed E-state index contributed by atoms with van der Waals surface area (Å²) in [6, 6.07) is 6.12. The van der Waals surface area contributed by atoms with Crippen LogP contribution in [0.15, 0.2) is 22.5 Å². The molecule has 2 aromatic rings. The number of nitrogens with zero attached hydrogens (tertiary/aromatic N) is 2. The van der Waals surface area contributed by atoms with E-state index in [1.165, 1.54) is 23.1 Å². The summed E-state index contributed by atoms with van der Waals surface area (Å²) in [5.41, 5.74) is 3.18. The van der Waals surface area contributed by atoms with Gasteiger partial charge in [0.25, 0.3) is 0 Å². The third-order valence-corrected chi connectivity index (χ3v) is 5.35. The molecule has 0 bridgehead atoms. The zero-order valence-electron chi connectivity index (χ0n) is 13.5. The summed E-state index contributed by atoms with van der Waals surface area (Å²) in [5, 5.41) is 11.8. The van der Waals surface area contributed by atoms with E-state index in [2.05, 4.69) is 35.4 Å². The molecule has 0 aliphatic heterocycles. The number of aryl methyl sites for hydroxylation is 2. The van der Waals surface area contributed by atoms with Crippen molar-refractivity contribution >= 4 is 34.7 Å². The number of nitrogens with one attached hydrogen (secondary N) is 1. The molecule has 118 valence electrons.